The van der Waals surface area contributed by atoms with Gasteiger partial charge in [-0.15, -0.1) is 0 Å². The maximum absolute atomic E-state index is 12.8. The third kappa shape index (κ3) is 2.83. The summed E-state index contributed by atoms with van der Waals surface area (Å²) in [5, 5.41) is 3.49. The molecule has 0 atom stereocenters. The molecule has 2 heterocycles. The molecule has 0 radical (unpaired) electrons. The molecule has 0 saturated carbocycles. The predicted molar refractivity (Wildman–Crippen MR) is 95.4 cm³/mol. The zero-order valence-electron chi connectivity index (χ0n) is 14.0. The number of fused-ring (bicyclic) bond motifs is 1. The topological polar surface area (TPSA) is 55.6 Å². The molecule has 6 heteroatoms. The maximum Gasteiger partial charge on any atom is 0.274 e. The van der Waals surface area contributed by atoms with Crippen molar-refractivity contribution in [1.29, 1.82) is 0 Å². The number of amides is 1. The Morgan fingerprint density at radius 2 is 2.00 bits per heavy atom. The van der Waals surface area contributed by atoms with Crippen LogP contribution < -0.4 is 10.1 Å². The zero-order valence-corrected chi connectivity index (χ0v) is 14.7. The molecule has 0 aliphatic rings. The second-order valence-corrected chi connectivity index (χ2v) is 6.14. The van der Waals surface area contributed by atoms with E-state index in [1.54, 1.807) is 23.6 Å². The quantitative estimate of drug-likeness (QED) is 0.776. The average molecular weight is 344 g/mol. The van der Waals surface area contributed by atoms with E-state index in [1.165, 1.54) is 0 Å². The van der Waals surface area contributed by atoms with Gasteiger partial charge in [0.2, 0.25) is 0 Å². The average Bonchev–Trinajstić information content (AvgIpc) is 2.85. The second kappa shape index (κ2) is 6.17. The normalized spacial score (nSPS) is 10.9. The van der Waals surface area contributed by atoms with Crippen LogP contribution in [-0.4, -0.2) is 22.4 Å². The molecule has 0 aliphatic heterocycles. The Kier molecular flexibility index (Phi) is 4.20. The van der Waals surface area contributed by atoms with Gasteiger partial charge >= 0.3 is 0 Å². The van der Waals surface area contributed by atoms with Gasteiger partial charge in [-0.05, 0) is 44.0 Å². The number of aromatic nitrogens is 2. The molecule has 5 nitrogen and oxygen atoms in total. The number of nitrogens with one attached hydrogen (secondary N) is 1. The number of pyridine rings is 1. The van der Waals surface area contributed by atoms with Gasteiger partial charge in [0.05, 0.1) is 18.5 Å². The summed E-state index contributed by atoms with van der Waals surface area (Å²) in [5.41, 5.74) is 4.40. The van der Waals surface area contributed by atoms with Gasteiger partial charge in [-0.25, -0.2) is 4.98 Å². The molecule has 2 aromatic heterocycles. The number of ether oxygens (including phenoxy) is 1. The molecule has 0 unspecified atom stereocenters. The van der Waals surface area contributed by atoms with Crippen molar-refractivity contribution in [2.24, 2.45) is 0 Å². The van der Waals surface area contributed by atoms with Crippen LogP contribution in [0.2, 0.25) is 5.02 Å². The smallest absolute Gasteiger partial charge is 0.274 e. The Hall–Kier alpha value is -2.53. The Morgan fingerprint density at radius 3 is 2.71 bits per heavy atom. The number of nitrogens with zero attached hydrogens (tertiary/aromatic N) is 2. The lowest BCUT2D eigenvalue weighted by Gasteiger charge is -2.12. The Labute approximate surface area is 145 Å². The molecule has 0 saturated heterocycles. The predicted octanol–water partition coefficient (Wildman–Crippen LogP) is 4.17. The summed E-state index contributed by atoms with van der Waals surface area (Å²) in [5.74, 6) is 0.271. The van der Waals surface area contributed by atoms with Gasteiger partial charge in [0, 0.05) is 17.3 Å². The molecule has 3 rings (SSSR count). The largest absolute Gasteiger partial charge is 0.495 e. The Bertz CT molecular complexity index is 947. The van der Waals surface area contributed by atoms with Crippen molar-refractivity contribution in [2.45, 2.75) is 20.8 Å². The molecule has 0 fully saturated rings. The first-order valence-electron chi connectivity index (χ1n) is 7.51. The van der Waals surface area contributed by atoms with Crippen LogP contribution in [0, 0.1) is 20.8 Å². The van der Waals surface area contributed by atoms with Crippen LogP contribution in [-0.2, 0) is 0 Å². The third-order valence-corrected chi connectivity index (χ3v) is 4.29. The molecule has 3 aromatic rings. The zero-order chi connectivity index (χ0) is 17.4. The van der Waals surface area contributed by atoms with Crippen molar-refractivity contribution in [3.05, 3.63) is 58.0 Å². The van der Waals surface area contributed by atoms with Crippen LogP contribution in [0.15, 0.2) is 30.5 Å². The summed E-state index contributed by atoms with van der Waals surface area (Å²) < 4.78 is 7.12. The highest BCUT2D eigenvalue weighted by atomic mass is 35.5. The van der Waals surface area contributed by atoms with Gasteiger partial charge in [0.15, 0.2) is 0 Å². The molecule has 1 amide bonds. The lowest BCUT2D eigenvalue weighted by atomic mass is 10.2. The molecular weight excluding hydrogens is 326 g/mol. The van der Waals surface area contributed by atoms with Crippen molar-refractivity contribution in [2.75, 3.05) is 12.4 Å². The number of hydrogen-bond acceptors (Lipinski definition) is 3. The van der Waals surface area contributed by atoms with E-state index in [0.717, 1.165) is 16.8 Å². The van der Waals surface area contributed by atoms with Crippen molar-refractivity contribution in [3.8, 4) is 5.75 Å². The van der Waals surface area contributed by atoms with E-state index in [1.807, 2.05) is 39.1 Å². The van der Waals surface area contributed by atoms with Crippen LogP contribution >= 0.6 is 11.6 Å². The van der Waals surface area contributed by atoms with E-state index in [0.29, 0.717) is 27.8 Å². The second-order valence-electron chi connectivity index (χ2n) is 5.74. The molecule has 1 N–H and O–H groups in total. The summed E-state index contributed by atoms with van der Waals surface area (Å²) in [6, 6.07) is 7.35. The van der Waals surface area contributed by atoms with Crippen LogP contribution in [0.25, 0.3) is 5.65 Å². The van der Waals surface area contributed by atoms with Crippen molar-refractivity contribution >= 4 is 28.8 Å². The summed E-state index contributed by atoms with van der Waals surface area (Å²) in [6.45, 7) is 5.67. The minimum atomic E-state index is -0.245. The molecule has 0 spiro atoms. The number of imidazole rings is 1. The number of carbonyl (C=O) groups excluding carboxylic acids is 1. The van der Waals surface area contributed by atoms with E-state index in [2.05, 4.69) is 10.3 Å². The van der Waals surface area contributed by atoms with E-state index < -0.39 is 0 Å². The number of aryl methyl sites for hydroxylation is 3. The first-order valence-corrected chi connectivity index (χ1v) is 7.89. The molecular formula is C18H18ClN3O2. The highest BCUT2D eigenvalue weighted by Crippen LogP contribution is 2.31. The molecule has 24 heavy (non-hydrogen) atoms. The van der Waals surface area contributed by atoms with Gasteiger partial charge in [0.25, 0.3) is 5.91 Å². The number of halogens is 1. The summed E-state index contributed by atoms with van der Waals surface area (Å²) in [6.07, 6.45) is 1.90. The highest BCUT2D eigenvalue weighted by Gasteiger charge is 2.18. The van der Waals surface area contributed by atoms with E-state index in [9.17, 15) is 4.79 Å². The van der Waals surface area contributed by atoms with Gasteiger partial charge in [-0.3, -0.25) is 9.20 Å². The minimum absolute atomic E-state index is 0.245. The first kappa shape index (κ1) is 16.3. The number of anilines is 1. The maximum atomic E-state index is 12.8. The summed E-state index contributed by atoms with van der Waals surface area (Å²) in [7, 11) is 1.54. The molecule has 124 valence electrons. The Morgan fingerprint density at radius 1 is 1.25 bits per heavy atom. The third-order valence-electron chi connectivity index (χ3n) is 3.88. The fraction of sp³-hybridized carbons (Fsp3) is 0.222. The number of carbonyl (C=O) groups is 1. The molecule has 1 aromatic carbocycles. The van der Waals surface area contributed by atoms with Crippen LogP contribution in [0.3, 0.4) is 0 Å². The van der Waals surface area contributed by atoms with Crippen LogP contribution in [0.5, 0.6) is 5.75 Å². The lowest BCUT2D eigenvalue weighted by Crippen LogP contribution is -2.16. The lowest BCUT2D eigenvalue weighted by molar-refractivity contribution is 0.102. The van der Waals surface area contributed by atoms with Gasteiger partial charge < -0.3 is 10.1 Å². The number of benzene rings is 1. The minimum Gasteiger partial charge on any atom is -0.495 e. The highest BCUT2D eigenvalue weighted by molar-refractivity contribution is 6.31. The Balaban J connectivity index is 2.04. The monoisotopic (exact) mass is 343 g/mol. The summed E-state index contributed by atoms with van der Waals surface area (Å²) >= 11 is 6.11. The van der Waals surface area contributed by atoms with E-state index in [-0.39, 0.29) is 5.91 Å². The van der Waals surface area contributed by atoms with Crippen molar-refractivity contribution < 1.29 is 9.53 Å². The molecule has 0 aliphatic carbocycles. The van der Waals surface area contributed by atoms with Gasteiger partial charge in [0.1, 0.15) is 17.1 Å². The number of rotatable bonds is 3. The summed E-state index contributed by atoms with van der Waals surface area (Å²) in [4.78, 5) is 17.3. The number of methoxy groups -OCH3 is 1. The van der Waals surface area contributed by atoms with Gasteiger partial charge in [-0.1, -0.05) is 17.7 Å². The van der Waals surface area contributed by atoms with Crippen molar-refractivity contribution in [3.63, 3.8) is 0 Å². The standard InChI is InChI=1S/C18H18ClN3O2/c1-10-5-6-16-20-12(3)17(22(16)9-10)18(23)21-14-7-11(2)13(19)8-15(14)24-4/h5-9H,1-4H3,(H,21,23). The van der Waals surface area contributed by atoms with Crippen molar-refractivity contribution in [1.82, 2.24) is 9.38 Å². The van der Waals surface area contributed by atoms with E-state index >= 15 is 0 Å². The van der Waals surface area contributed by atoms with E-state index in [4.69, 9.17) is 16.3 Å². The SMILES string of the molecule is COc1cc(Cl)c(C)cc1NC(=O)c1c(C)nc2ccc(C)cn12. The van der Waals surface area contributed by atoms with Crippen LogP contribution in [0.1, 0.15) is 27.3 Å². The fourth-order valence-corrected chi connectivity index (χ4v) is 2.81. The fourth-order valence-electron chi connectivity index (χ4n) is 2.65. The van der Waals surface area contributed by atoms with Gasteiger partial charge in [-0.2, -0.15) is 0 Å². The first-order chi connectivity index (χ1) is 11.4. The number of hydrogen-bond donors (Lipinski definition) is 1. The molecule has 0 bridgehead atoms. The van der Waals surface area contributed by atoms with Crippen LogP contribution in [0.4, 0.5) is 5.69 Å².